The smallest absolute Gasteiger partial charge is 0.364 e. The molecule has 2 amide bonds. The van der Waals surface area contributed by atoms with E-state index in [-0.39, 0.29) is 17.0 Å². The van der Waals surface area contributed by atoms with Crippen molar-refractivity contribution in [1.82, 2.24) is 0 Å². The maximum Gasteiger partial charge on any atom is 0.364 e. The van der Waals surface area contributed by atoms with Gasteiger partial charge in [-0.25, -0.2) is 9.59 Å². The first kappa shape index (κ1) is 15.9. The van der Waals surface area contributed by atoms with Gasteiger partial charge in [0.1, 0.15) is 5.58 Å². The molecule has 7 heteroatoms. The molecular weight excluding hydrogens is 328 g/mol. The van der Waals surface area contributed by atoms with Crippen LogP contribution in [0.5, 0.6) is 5.75 Å². The van der Waals surface area contributed by atoms with Crippen LogP contribution in [0.2, 0.25) is 0 Å². The van der Waals surface area contributed by atoms with E-state index in [1.165, 1.54) is 0 Å². The SMILES string of the molecule is CSc1cccc(NC(=O)Nc2c(O)c3ccccc3oc2=O)c1. The molecular formula is C17H14N2O4S. The summed E-state index contributed by atoms with van der Waals surface area (Å²) in [5.41, 5.74) is -0.297. The Morgan fingerprint density at radius 2 is 1.92 bits per heavy atom. The van der Waals surface area contributed by atoms with E-state index in [1.807, 2.05) is 18.4 Å². The molecule has 6 nitrogen and oxygen atoms in total. The topological polar surface area (TPSA) is 91.6 Å². The van der Waals surface area contributed by atoms with Crippen molar-refractivity contribution < 1.29 is 14.3 Å². The van der Waals surface area contributed by atoms with Crippen LogP contribution in [-0.2, 0) is 0 Å². The summed E-state index contributed by atoms with van der Waals surface area (Å²) in [6.45, 7) is 0. The van der Waals surface area contributed by atoms with Gasteiger partial charge in [-0.15, -0.1) is 11.8 Å². The van der Waals surface area contributed by atoms with E-state index in [0.717, 1.165) is 4.90 Å². The Kier molecular flexibility index (Phi) is 4.43. The number of benzene rings is 2. The molecule has 0 aliphatic heterocycles. The predicted molar refractivity (Wildman–Crippen MR) is 95.0 cm³/mol. The Morgan fingerprint density at radius 1 is 1.12 bits per heavy atom. The van der Waals surface area contributed by atoms with Crippen LogP contribution in [0.1, 0.15) is 0 Å². The van der Waals surface area contributed by atoms with Gasteiger partial charge in [0.05, 0.1) is 5.39 Å². The Hall–Kier alpha value is -2.93. The summed E-state index contributed by atoms with van der Waals surface area (Å²) in [6, 6.07) is 13.1. The molecule has 0 saturated heterocycles. The molecule has 24 heavy (non-hydrogen) atoms. The van der Waals surface area contributed by atoms with Crippen LogP contribution < -0.4 is 16.3 Å². The van der Waals surface area contributed by atoms with Crippen molar-refractivity contribution in [1.29, 1.82) is 0 Å². The van der Waals surface area contributed by atoms with E-state index in [1.54, 1.807) is 48.2 Å². The quantitative estimate of drug-likeness (QED) is 0.496. The Morgan fingerprint density at radius 3 is 2.71 bits per heavy atom. The highest BCUT2D eigenvalue weighted by molar-refractivity contribution is 7.98. The Labute approximate surface area is 141 Å². The zero-order valence-corrected chi connectivity index (χ0v) is 13.5. The van der Waals surface area contributed by atoms with Crippen molar-refractivity contribution in [2.45, 2.75) is 4.90 Å². The highest BCUT2D eigenvalue weighted by Gasteiger charge is 2.16. The summed E-state index contributed by atoms with van der Waals surface area (Å²) < 4.78 is 5.10. The zero-order chi connectivity index (χ0) is 17.1. The fourth-order valence-corrected chi connectivity index (χ4v) is 2.68. The molecule has 3 aromatic rings. The number of amides is 2. The number of aromatic hydroxyl groups is 1. The summed E-state index contributed by atoms with van der Waals surface area (Å²) in [6.07, 6.45) is 1.93. The lowest BCUT2D eigenvalue weighted by Gasteiger charge is -2.10. The maximum atomic E-state index is 12.1. The fourth-order valence-electron chi connectivity index (χ4n) is 2.22. The van der Waals surface area contributed by atoms with E-state index >= 15 is 0 Å². The molecule has 0 fully saturated rings. The van der Waals surface area contributed by atoms with Gasteiger partial charge < -0.3 is 14.8 Å². The monoisotopic (exact) mass is 342 g/mol. The lowest BCUT2D eigenvalue weighted by atomic mass is 10.2. The van der Waals surface area contributed by atoms with Crippen molar-refractivity contribution in [3.8, 4) is 5.75 Å². The molecule has 3 N–H and O–H groups in total. The number of carbonyl (C=O) groups excluding carboxylic acids is 1. The largest absolute Gasteiger partial charge is 0.505 e. The summed E-state index contributed by atoms with van der Waals surface area (Å²) in [7, 11) is 0. The van der Waals surface area contributed by atoms with E-state index < -0.39 is 11.7 Å². The minimum absolute atomic E-state index is 0.249. The van der Waals surface area contributed by atoms with Crippen LogP contribution in [0.15, 0.2) is 62.6 Å². The number of nitrogens with one attached hydrogen (secondary N) is 2. The molecule has 0 bridgehead atoms. The van der Waals surface area contributed by atoms with Crippen molar-refractivity contribution >= 4 is 40.1 Å². The molecule has 0 aliphatic carbocycles. The summed E-state index contributed by atoms with van der Waals surface area (Å²) in [4.78, 5) is 25.1. The number of hydrogen-bond donors (Lipinski definition) is 3. The van der Waals surface area contributed by atoms with Crippen LogP contribution in [0.25, 0.3) is 11.0 Å². The van der Waals surface area contributed by atoms with Gasteiger partial charge in [0.15, 0.2) is 11.4 Å². The molecule has 0 atom stereocenters. The van der Waals surface area contributed by atoms with Gasteiger partial charge in [-0.05, 0) is 36.6 Å². The predicted octanol–water partition coefficient (Wildman–Crippen LogP) is 3.86. The molecule has 1 heterocycles. The standard InChI is InChI=1S/C17H14N2O4S/c1-24-11-6-4-5-10(9-11)18-17(22)19-14-15(20)12-7-2-3-8-13(12)23-16(14)21/h2-9,20H,1H3,(H2,18,19,22). The Balaban J connectivity index is 1.86. The summed E-state index contributed by atoms with van der Waals surface area (Å²) >= 11 is 1.54. The van der Waals surface area contributed by atoms with Crippen LogP contribution in [0, 0.1) is 0 Å². The number of hydrogen-bond acceptors (Lipinski definition) is 5. The van der Waals surface area contributed by atoms with Crippen molar-refractivity contribution in [2.24, 2.45) is 0 Å². The second-order valence-corrected chi connectivity index (χ2v) is 5.80. The summed E-state index contributed by atoms with van der Waals surface area (Å²) in [5, 5.41) is 15.5. The zero-order valence-electron chi connectivity index (χ0n) is 12.7. The number of rotatable bonds is 3. The maximum absolute atomic E-state index is 12.1. The highest BCUT2D eigenvalue weighted by Crippen LogP contribution is 2.29. The van der Waals surface area contributed by atoms with Crippen molar-refractivity contribution in [3.05, 3.63) is 59.0 Å². The number of fused-ring (bicyclic) bond motifs is 1. The molecule has 122 valence electrons. The van der Waals surface area contributed by atoms with E-state index in [0.29, 0.717) is 11.1 Å². The van der Waals surface area contributed by atoms with Crippen LogP contribution in [-0.4, -0.2) is 17.4 Å². The second kappa shape index (κ2) is 6.67. The second-order valence-electron chi connectivity index (χ2n) is 4.92. The Bertz CT molecular complexity index is 968. The van der Waals surface area contributed by atoms with Crippen LogP contribution in [0.3, 0.4) is 0 Å². The van der Waals surface area contributed by atoms with E-state index in [2.05, 4.69) is 10.6 Å². The molecule has 0 aliphatic rings. The normalized spacial score (nSPS) is 10.5. The first-order valence-corrected chi connectivity index (χ1v) is 8.28. The molecule has 0 spiro atoms. The number of carbonyl (C=O) groups is 1. The van der Waals surface area contributed by atoms with Crippen molar-refractivity contribution in [3.63, 3.8) is 0 Å². The average Bonchev–Trinajstić information content (AvgIpc) is 2.59. The number of anilines is 2. The first-order valence-electron chi connectivity index (χ1n) is 7.05. The van der Waals surface area contributed by atoms with Gasteiger partial charge in [0, 0.05) is 10.6 Å². The van der Waals surface area contributed by atoms with E-state index in [4.69, 9.17) is 4.42 Å². The minimum atomic E-state index is -0.820. The molecule has 3 rings (SSSR count). The summed E-state index contributed by atoms with van der Waals surface area (Å²) in [5.74, 6) is -0.324. The minimum Gasteiger partial charge on any atom is -0.505 e. The average molecular weight is 342 g/mol. The van der Waals surface area contributed by atoms with Crippen LogP contribution >= 0.6 is 11.8 Å². The fraction of sp³-hybridized carbons (Fsp3) is 0.0588. The number of thioether (sulfide) groups is 1. The lowest BCUT2D eigenvalue weighted by Crippen LogP contribution is -2.23. The lowest BCUT2D eigenvalue weighted by molar-refractivity contribution is 0.262. The van der Waals surface area contributed by atoms with E-state index in [9.17, 15) is 14.7 Å². The molecule has 0 unspecified atom stereocenters. The van der Waals surface area contributed by atoms with Gasteiger partial charge in [-0.2, -0.15) is 0 Å². The molecule has 0 saturated carbocycles. The van der Waals surface area contributed by atoms with Gasteiger partial charge in [-0.1, -0.05) is 18.2 Å². The number of para-hydroxylation sites is 1. The first-order chi connectivity index (χ1) is 11.6. The molecule has 2 aromatic carbocycles. The third-order valence-electron chi connectivity index (χ3n) is 3.35. The van der Waals surface area contributed by atoms with Gasteiger partial charge in [0.2, 0.25) is 0 Å². The van der Waals surface area contributed by atoms with Gasteiger partial charge in [0.25, 0.3) is 0 Å². The number of urea groups is 1. The third-order valence-corrected chi connectivity index (χ3v) is 4.08. The molecule has 1 aromatic heterocycles. The molecule has 0 radical (unpaired) electrons. The van der Waals surface area contributed by atoms with Crippen LogP contribution in [0.4, 0.5) is 16.2 Å². The highest BCUT2D eigenvalue weighted by atomic mass is 32.2. The van der Waals surface area contributed by atoms with Gasteiger partial charge in [-0.3, -0.25) is 5.32 Å². The van der Waals surface area contributed by atoms with Gasteiger partial charge >= 0.3 is 11.7 Å². The third kappa shape index (κ3) is 3.21. The van der Waals surface area contributed by atoms with Crippen molar-refractivity contribution in [2.75, 3.05) is 16.9 Å².